The molecule has 0 fully saturated rings. The van der Waals surface area contributed by atoms with E-state index in [1.807, 2.05) is 18.2 Å². The van der Waals surface area contributed by atoms with Crippen LogP contribution in [0.4, 0.5) is 5.69 Å². The Bertz CT molecular complexity index is 1130. The Morgan fingerprint density at radius 3 is 2.33 bits per heavy atom. The van der Waals surface area contributed by atoms with E-state index in [-0.39, 0.29) is 12.3 Å². The highest BCUT2D eigenvalue weighted by Gasteiger charge is 2.55. The lowest BCUT2D eigenvalue weighted by Gasteiger charge is -2.28. The average molecular weight is 440 g/mol. The number of hydrogen-bond donors (Lipinski definition) is 1. The highest BCUT2D eigenvalue weighted by molar-refractivity contribution is 6.31. The van der Waals surface area contributed by atoms with Gasteiger partial charge in [0, 0.05) is 21.2 Å². The molecule has 0 aliphatic carbocycles. The number of aliphatic hydroxyl groups is 1. The molecule has 1 heterocycles. The van der Waals surface area contributed by atoms with Crippen LogP contribution < -0.4 is 4.90 Å². The zero-order chi connectivity index (χ0) is 21.5. The number of nitrogens with zero attached hydrogens (tertiary/aromatic N) is 1. The normalized spacial score (nSPS) is 18.9. The third-order valence-corrected chi connectivity index (χ3v) is 6.23. The molecule has 1 amide bonds. The molecule has 4 rings (SSSR count). The second-order valence-corrected chi connectivity index (χ2v) is 8.20. The lowest BCUT2D eigenvalue weighted by atomic mass is 9.79. The van der Waals surface area contributed by atoms with Crippen molar-refractivity contribution in [1.82, 2.24) is 0 Å². The first-order valence-corrected chi connectivity index (χ1v) is 10.3. The van der Waals surface area contributed by atoms with Crippen molar-refractivity contribution in [2.24, 2.45) is 5.92 Å². The zero-order valence-corrected chi connectivity index (χ0v) is 17.7. The van der Waals surface area contributed by atoms with Crippen molar-refractivity contribution in [1.29, 1.82) is 0 Å². The fraction of sp³-hybridized carbons (Fsp3) is 0.167. The Labute approximate surface area is 184 Å². The SMILES string of the molecule is CC(C(=O)c1ccc(Cl)cc1)C1(O)C(=O)N(Cc2ccccc2Cl)c2ccccc21. The molecule has 1 N–H and O–H groups in total. The molecule has 6 heteroatoms. The van der Waals surface area contributed by atoms with Gasteiger partial charge in [-0.2, -0.15) is 0 Å². The largest absolute Gasteiger partial charge is 0.375 e. The third kappa shape index (κ3) is 3.31. The molecule has 3 aromatic rings. The number of hydrogen-bond acceptors (Lipinski definition) is 3. The smallest absolute Gasteiger partial charge is 0.264 e. The number of carbonyl (C=O) groups excluding carboxylic acids is 2. The van der Waals surface area contributed by atoms with Crippen LogP contribution in [0.5, 0.6) is 0 Å². The molecule has 1 aliphatic heterocycles. The summed E-state index contributed by atoms with van der Waals surface area (Å²) < 4.78 is 0. The molecule has 1 aliphatic rings. The maximum Gasteiger partial charge on any atom is 0.264 e. The molecule has 0 saturated carbocycles. The Balaban J connectivity index is 1.74. The van der Waals surface area contributed by atoms with Gasteiger partial charge in [0.1, 0.15) is 0 Å². The quantitative estimate of drug-likeness (QED) is 0.552. The van der Waals surface area contributed by atoms with Crippen molar-refractivity contribution >= 4 is 40.6 Å². The molecule has 0 spiro atoms. The van der Waals surface area contributed by atoms with Crippen LogP contribution in [0.3, 0.4) is 0 Å². The average Bonchev–Trinajstić information content (AvgIpc) is 2.97. The summed E-state index contributed by atoms with van der Waals surface area (Å²) in [6, 6.07) is 20.6. The first-order chi connectivity index (χ1) is 14.3. The molecule has 0 bridgehead atoms. The fourth-order valence-electron chi connectivity index (χ4n) is 3.89. The summed E-state index contributed by atoms with van der Waals surface area (Å²) >= 11 is 12.2. The Kier molecular flexibility index (Phi) is 5.41. The first kappa shape index (κ1) is 20.6. The highest BCUT2D eigenvalue weighted by Crippen LogP contribution is 2.46. The van der Waals surface area contributed by atoms with Gasteiger partial charge in [-0.25, -0.2) is 0 Å². The van der Waals surface area contributed by atoms with E-state index < -0.39 is 17.4 Å². The first-order valence-electron chi connectivity index (χ1n) is 9.51. The predicted octanol–water partition coefficient (Wildman–Crippen LogP) is 5.25. The van der Waals surface area contributed by atoms with E-state index in [0.717, 1.165) is 5.56 Å². The van der Waals surface area contributed by atoms with Gasteiger partial charge < -0.3 is 10.0 Å². The number of para-hydroxylation sites is 1. The maximum atomic E-state index is 13.5. The number of carbonyl (C=O) groups is 2. The summed E-state index contributed by atoms with van der Waals surface area (Å²) in [5.41, 5.74) is 0.144. The van der Waals surface area contributed by atoms with E-state index >= 15 is 0 Å². The summed E-state index contributed by atoms with van der Waals surface area (Å²) in [5, 5.41) is 12.7. The van der Waals surface area contributed by atoms with Gasteiger partial charge in [0.15, 0.2) is 11.4 Å². The number of Topliss-reactive ketones (excluding diaryl/α,β-unsaturated/α-hetero) is 1. The van der Waals surface area contributed by atoms with Gasteiger partial charge in [-0.3, -0.25) is 9.59 Å². The molecular formula is C24H19Cl2NO3. The monoisotopic (exact) mass is 439 g/mol. The van der Waals surface area contributed by atoms with Gasteiger partial charge in [0.25, 0.3) is 5.91 Å². The summed E-state index contributed by atoms with van der Waals surface area (Å²) in [4.78, 5) is 28.1. The minimum absolute atomic E-state index is 0.194. The van der Waals surface area contributed by atoms with E-state index in [4.69, 9.17) is 23.2 Å². The lowest BCUT2D eigenvalue weighted by molar-refractivity contribution is -0.139. The number of ketones is 1. The van der Waals surface area contributed by atoms with E-state index in [9.17, 15) is 14.7 Å². The molecule has 2 unspecified atom stereocenters. The molecule has 2 atom stereocenters. The molecule has 0 radical (unpaired) electrons. The molecule has 0 aromatic heterocycles. The van der Waals surface area contributed by atoms with E-state index in [2.05, 4.69) is 0 Å². The third-order valence-electron chi connectivity index (χ3n) is 5.61. The highest BCUT2D eigenvalue weighted by atomic mass is 35.5. The molecule has 30 heavy (non-hydrogen) atoms. The summed E-state index contributed by atoms with van der Waals surface area (Å²) in [6.07, 6.45) is 0. The number of fused-ring (bicyclic) bond motifs is 1. The molecule has 4 nitrogen and oxygen atoms in total. The fourth-order valence-corrected chi connectivity index (χ4v) is 4.21. The number of benzene rings is 3. The standard InChI is InChI=1S/C24H19Cl2NO3/c1-15(22(28)16-10-12-18(25)13-11-16)24(30)19-7-3-5-9-21(19)27(23(24)29)14-17-6-2-4-8-20(17)26/h2-13,15,30H,14H2,1H3. The second kappa shape index (κ2) is 7.88. The van der Waals surface area contributed by atoms with Gasteiger partial charge in [-0.05, 0) is 42.0 Å². The van der Waals surface area contributed by atoms with Gasteiger partial charge >= 0.3 is 0 Å². The van der Waals surface area contributed by atoms with E-state index in [1.165, 1.54) is 4.90 Å². The van der Waals surface area contributed by atoms with Crippen molar-refractivity contribution in [3.63, 3.8) is 0 Å². The van der Waals surface area contributed by atoms with Crippen LogP contribution >= 0.6 is 23.2 Å². The number of rotatable bonds is 5. The van der Waals surface area contributed by atoms with Gasteiger partial charge in [-0.1, -0.05) is 66.5 Å². The van der Waals surface area contributed by atoms with Crippen LogP contribution in [0.25, 0.3) is 0 Å². The van der Waals surface area contributed by atoms with Crippen molar-refractivity contribution in [2.75, 3.05) is 4.90 Å². The van der Waals surface area contributed by atoms with Crippen molar-refractivity contribution in [3.05, 3.63) is 99.5 Å². The topological polar surface area (TPSA) is 57.6 Å². The van der Waals surface area contributed by atoms with Crippen molar-refractivity contribution < 1.29 is 14.7 Å². The second-order valence-electron chi connectivity index (χ2n) is 7.36. The maximum absolute atomic E-state index is 13.5. The van der Waals surface area contributed by atoms with Gasteiger partial charge in [-0.15, -0.1) is 0 Å². The van der Waals surface area contributed by atoms with Gasteiger partial charge in [0.05, 0.1) is 18.2 Å². The van der Waals surface area contributed by atoms with Crippen molar-refractivity contribution in [2.45, 2.75) is 19.1 Å². The molecule has 0 saturated heterocycles. The minimum atomic E-state index is -1.98. The summed E-state index contributed by atoms with van der Waals surface area (Å²) in [7, 11) is 0. The van der Waals surface area contributed by atoms with Crippen LogP contribution in [0.2, 0.25) is 10.0 Å². The lowest BCUT2D eigenvalue weighted by Crippen LogP contribution is -2.47. The number of halogens is 2. The van der Waals surface area contributed by atoms with E-state index in [1.54, 1.807) is 61.5 Å². The Hall–Kier alpha value is -2.66. The van der Waals surface area contributed by atoms with Crippen LogP contribution in [-0.4, -0.2) is 16.8 Å². The minimum Gasteiger partial charge on any atom is -0.375 e. The number of anilines is 1. The predicted molar refractivity (Wildman–Crippen MR) is 118 cm³/mol. The van der Waals surface area contributed by atoms with Crippen LogP contribution in [0, 0.1) is 5.92 Å². The van der Waals surface area contributed by atoms with Crippen molar-refractivity contribution in [3.8, 4) is 0 Å². The van der Waals surface area contributed by atoms with Crippen LogP contribution in [-0.2, 0) is 16.9 Å². The molecular weight excluding hydrogens is 421 g/mol. The summed E-state index contributed by atoms with van der Waals surface area (Å²) in [5.74, 6) is -1.88. The van der Waals surface area contributed by atoms with Gasteiger partial charge in [0.2, 0.25) is 0 Å². The Morgan fingerprint density at radius 2 is 1.63 bits per heavy atom. The van der Waals surface area contributed by atoms with Crippen LogP contribution in [0.15, 0.2) is 72.8 Å². The summed E-state index contributed by atoms with van der Waals surface area (Å²) in [6.45, 7) is 1.77. The van der Waals surface area contributed by atoms with E-state index in [0.29, 0.717) is 26.9 Å². The molecule has 152 valence electrons. The van der Waals surface area contributed by atoms with Crippen LogP contribution in [0.1, 0.15) is 28.4 Å². The molecule has 3 aromatic carbocycles. The number of amides is 1. The Morgan fingerprint density at radius 1 is 1.00 bits per heavy atom. The zero-order valence-electron chi connectivity index (χ0n) is 16.2.